The molecule has 0 bridgehead atoms. The Morgan fingerprint density at radius 2 is 2.42 bits per heavy atom. The number of carbonyl (C=O) groups is 1. The van der Waals surface area contributed by atoms with Gasteiger partial charge in [-0.1, -0.05) is 6.07 Å². The summed E-state index contributed by atoms with van der Waals surface area (Å²) in [6.45, 7) is 3.36. The third-order valence-electron chi connectivity index (χ3n) is 4.41. The first-order valence-corrected chi connectivity index (χ1v) is 8.85. The van der Waals surface area contributed by atoms with Gasteiger partial charge in [0.05, 0.1) is 22.9 Å². The second-order valence-electron chi connectivity index (χ2n) is 6.05. The van der Waals surface area contributed by atoms with Crippen molar-refractivity contribution < 1.29 is 4.79 Å². The lowest BCUT2D eigenvalue weighted by Crippen LogP contribution is -2.35. The van der Waals surface area contributed by atoms with Gasteiger partial charge in [0, 0.05) is 37.6 Å². The average molecular weight is 338 g/mol. The predicted molar refractivity (Wildman–Crippen MR) is 93.1 cm³/mol. The minimum absolute atomic E-state index is 0.0920. The smallest absolute Gasteiger partial charge is 0.169 e. The van der Waals surface area contributed by atoms with Crippen LogP contribution < -0.4 is 0 Å². The summed E-state index contributed by atoms with van der Waals surface area (Å²) in [5.41, 5.74) is 4.61. The molecule has 122 valence electrons. The molecule has 6 heteroatoms. The summed E-state index contributed by atoms with van der Waals surface area (Å²) in [7, 11) is 0. The number of H-pyrrole nitrogens is 1. The molecule has 0 aromatic carbocycles. The molecule has 5 nitrogen and oxygen atoms in total. The molecule has 1 N–H and O–H groups in total. The summed E-state index contributed by atoms with van der Waals surface area (Å²) in [6, 6.07) is 6.16. The highest BCUT2D eigenvalue weighted by Gasteiger charge is 2.31. The number of imidazole rings is 1. The molecule has 0 saturated carbocycles. The van der Waals surface area contributed by atoms with Crippen molar-refractivity contribution in [1.29, 1.82) is 0 Å². The highest BCUT2D eigenvalue weighted by Crippen LogP contribution is 2.34. The molecule has 3 aromatic heterocycles. The van der Waals surface area contributed by atoms with Crippen molar-refractivity contribution in [2.75, 3.05) is 6.54 Å². The lowest BCUT2D eigenvalue weighted by atomic mass is 9.96. The third kappa shape index (κ3) is 2.79. The lowest BCUT2D eigenvalue weighted by Gasteiger charge is -2.34. The van der Waals surface area contributed by atoms with Gasteiger partial charge in [-0.2, -0.15) is 0 Å². The average Bonchev–Trinajstić information content (AvgIpc) is 3.24. The summed E-state index contributed by atoms with van der Waals surface area (Å²) in [6.07, 6.45) is 6.43. The number of pyridine rings is 1. The fourth-order valence-electron chi connectivity index (χ4n) is 3.28. The molecule has 0 amide bonds. The molecular weight excluding hydrogens is 320 g/mol. The van der Waals surface area contributed by atoms with Crippen LogP contribution in [0.5, 0.6) is 0 Å². The number of Topliss-reactive ketones (excluding diaryl/α,β-unsaturated/α-hetero) is 1. The zero-order valence-corrected chi connectivity index (χ0v) is 14.2. The van der Waals surface area contributed by atoms with Crippen LogP contribution in [0.3, 0.4) is 0 Å². The molecule has 24 heavy (non-hydrogen) atoms. The summed E-state index contributed by atoms with van der Waals surface area (Å²) < 4.78 is 0. The number of aromatic amines is 1. The molecule has 0 spiro atoms. The van der Waals surface area contributed by atoms with Crippen LogP contribution in [-0.4, -0.2) is 32.2 Å². The van der Waals surface area contributed by atoms with Gasteiger partial charge in [0.25, 0.3) is 0 Å². The maximum absolute atomic E-state index is 11.5. The van der Waals surface area contributed by atoms with Gasteiger partial charge in [0.2, 0.25) is 0 Å². The van der Waals surface area contributed by atoms with E-state index in [1.165, 1.54) is 22.6 Å². The van der Waals surface area contributed by atoms with Crippen LogP contribution in [0.1, 0.15) is 45.2 Å². The van der Waals surface area contributed by atoms with Crippen molar-refractivity contribution in [2.45, 2.75) is 25.9 Å². The van der Waals surface area contributed by atoms with Crippen LogP contribution in [-0.2, 0) is 13.0 Å². The Balaban J connectivity index is 1.67. The van der Waals surface area contributed by atoms with E-state index >= 15 is 0 Å². The van der Waals surface area contributed by atoms with Crippen LogP contribution in [0, 0.1) is 0 Å². The predicted octanol–water partition coefficient (Wildman–Crippen LogP) is 3.22. The summed E-state index contributed by atoms with van der Waals surface area (Å²) in [4.78, 5) is 26.9. The third-order valence-corrected chi connectivity index (χ3v) is 5.49. The molecule has 4 rings (SSSR count). The molecule has 1 aliphatic rings. The monoisotopic (exact) mass is 338 g/mol. The van der Waals surface area contributed by atoms with E-state index in [4.69, 9.17) is 0 Å². The van der Waals surface area contributed by atoms with Crippen molar-refractivity contribution in [3.8, 4) is 0 Å². The first-order chi connectivity index (χ1) is 11.7. The normalized spacial score (nSPS) is 17.6. The van der Waals surface area contributed by atoms with Gasteiger partial charge in [-0.3, -0.25) is 14.7 Å². The van der Waals surface area contributed by atoms with Crippen molar-refractivity contribution in [1.82, 2.24) is 19.9 Å². The van der Waals surface area contributed by atoms with Gasteiger partial charge in [-0.05, 0) is 35.6 Å². The maximum atomic E-state index is 11.5. The van der Waals surface area contributed by atoms with Crippen LogP contribution in [0.15, 0.2) is 42.3 Å². The zero-order valence-electron chi connectivity index (χ0n) is 13.4. The SMILES string of the molecule is CC(=O)c1cc(CN2CCc3[nH]cnc3[C@@H]2c2cccnc2)cs1. The van der Waals surface area contributed by atoms with E-state index in [-0.39, 0.29) is 11.8 Å². The van der Waals surface area contributed by atoms with E-state index in [9.17, 15) is 4.79 Å². The van der Waals surface area contributed by atoms with Crippen molar-refractivity contribution in [3.05, 3.63) is 69.7 Å². The van der Waals surface area contributed by atoms with Crippen LogP contribution >= 0.6 is 11.3 Å². The fourth-order valence-corrected chi connectivity index (χ4v) is 4.09. The Morgan fingerprint density at radius 1 is 1.50 bits per heavy atom. The fraction of sp³-hybridized carbons (Fsp3) is 0.278. The molecule has 0 unspecified atom stereocenters. The molecule has 3 aromatic rings. The van der Waals surface area contributed by atoms with Crippen molar-refractivity contribution >= 4 is 17.1 Å². The highest BCUT2D eigenvalue weighted by molar-refractivity contribution is 7.12. The molecule has 1 atom stereocenters. The second kappa shape index (κ2) is 6.30. The van der Waals surface area contributed by atoms with E-state index in [0.717, 1.165) is 35.6 Å². The number of fused-ring (bicyclic) bond motifs is 1. The number of hydrogen-bond acceptors (Lipinski definition) is 5. The maximum Gasteiger partial charge on any atom is 0.169 e. The Hall–Kier alpha value is -2.31. The molecule has 4 heterocycles. The van der Waals surface area contributed by atoms with E-state index in [1.54, 1.807) is 19.4 Å². The molecular formula is C18H18N4OS. The number of nitrogens with zero attached hydrogens (tertiary/aromatic N) is 3. The van der Waals surface area contributed by atoms with Crippen LogP contribution in [0.2, 0.25) is 0 Å². The molecule has 1 aliphatic heterocycles. The van der Waals surface area contributed by atoms with Gasteiger partial charge < -0.3 is 4.98 Å². The van der Waals surface area contributed by atoms with E-state index in [2.05, 4.69) is 31.3 Å². The van der Waals surface area contributed by atoms with Gasteiger partial charge in [0.1, 0.15) is 0 Å². The van der Waals surface area contributed by atoms with Crippen LogP contribution in [0.4, 0.5) is 0 Å². The standard InChI is InChI=1S/C18H18N4OS/c1-12(23)16-7-13(10-24-16)9-22-6-4-15-17(21-11-20-15)18(22)14-3-2-5-19-8-14/h2-3,5,7-8,10-11,18H,4,6,9H2,1H3,(H,20,21)/t18-/m0/s1. The van der Waals surface area contributed by atoms with Gasteiger partial charge in [-0.25, -0.2) is 4.98 Å². The van der Waals surface area contributed by atoms with E-state index < -0.39 is 0 Å². The minimum atomic E-state index is 0.0920. The van der Waals surface area contributed by atoms with E-state index in [0.29, 0.717) is 0 Å². The summed E-state index contributed by atoms with van der Waals surface area (Å²) in [5, 5.41) is 2.08. The number of rotatable bonds is 4. The van der Waals surface area contributed by atoms with Gasteiger partial charge >= 0.3 is 0 Å². The first kappa shape index (κ1) is 15.2. The van der Waals surface area contributed by atoms with Crippen molar-refractivity contribution in [3.63, 3.8) is 0 Å². The second-order valence-corrected chi connectivity index (χ2v) is 6.96. The van der Waals surface area contributed by atoms with Crippen molar-refractivity contribution in [2.24, 2.45) is 0 Å². The topological polar surface area (TPSA) is 61.9 Å². The molecule has 0 aliphatic carbocycles. The highest BCUT2D eigenvalue weighted by atomic mass is 32.1. The lowest BCUT2D eigenvalue weighted by molar-refractivity contribution is 0.102. The minimum Gasteiger partial charge on any atom is -0.348 e. The Kier molecular flexibility index (Phi) is 4.00. The molecule has 0 saturated heterocycles. The number of ketones is 1. The number of carbonyl (C=O) groups excluding carboxylic acids is 1. The summed E-state index contributed by atoms with van der Waals surface area (Å²) >= 11 is 1.52. The van der Waals surface area contributed by atoms with Crippen LogP contribution in [0.25, 0.3) is 0 Å². The molecule has 0 radical (unpaired) electrons. The van der Waals surface area contributed by atoms with Gasteiger partial charge in [-0.15, -0.1) is 11.3 Å². The molecule has 0 fully saturated rings. The number of hydrogen-bond donors (Lipinski definition) is 1. The Bertz CT molecular complexity index is 855. The Labute approximate surface area is 144 Å². The first-order valence-electron chi connectivity index (χ1n) is 7.97. The van der Waals surface area contributed by atoms with Gasteiger partial charge in [0.15, 0.2) is 5.78 Å². The van der Waals surface area contributed by atoms with E-state index in [1.807, 2.05) is 18.3 Å². The number of thiophene rings is 1. The number of aromatic nitrogens is 3. The zero-order chi connectivity index (χ0) is 16.5. The number of nitrogens with one attached hydrogen (secondary N) is 1. The Morgan fingerprint density at radius 3 is 3.17 bits per heavy atom. The largest absolute Gasteiger partial charge is 0.348 e. The quantitative estimate of drug-likeness (QED) is 0.742. The summed E-state index contributed by atoms with van der Waals surface area (Å²) in [5.74, 6) is 0.128.